The summed E-state index contributed by atoms with van der Waals surface area (Å²) in [6, 6.07) is 8.68. The van der Waals surface area contributed by atoms with E-state index in [0.717, 1.165) is 41.0 Å². The third kappa shape index (κ3) is 2.62. The molecule has 2 nitrogen and oxygen atoms in total. The number of nitrogens with one attached hydrogen (secondary N) is 1. The molecule has 1 atom stereocenters. The minimum absolute atomic E-state index is 0.418. The van der Waals surface area contributed by atoms with Crippen LogP contribution in [0.1, 0.15) is 37.7 Å². The summed E-state index contributed by atoms with van der Waals surface area (Å²) >= 11 is 5.99. The highest BCUT2D eigenvalue weighted by Gasteiger charge is 2.50. The van der Waals surface area contributed by atoms with E-state index in [4.69, 9.17) is 17.4 Å². The predicted molar refractivity (Wildman–Crippen MR) is 86.8 cm³/mol. The van der Waals surface area contributed by atoms with E-state index in [-0.39, 0.29) is 0 Å². The van der Waals surface area contributed by atoms with Crippen molar-refractivity contribution in [1.29, 1.82) is 0 Å². The third-order valence-corrected chi connectivity index (χ3v) is 6.60. The first-order valence-electron chi connectivity index (χ1n) is 8.43. The van der Waals surface area contributed by atoms with Crippen LogP contribution in [0.4, 0.5) is 0 Å². The molecule has 4 fully saturated rings. The van der Waals surface area contributed by atoms with Gasteiger partial charge in [0, 0.05) is 11.1 Å². The van der Waals surface area contributed by atoms with Gasteiger partial charge in [-0.15, -0.1) is 0 Å². The molecule has 0 aliphatic heterocycles. The number of hydrogen-bond acceptors (Lipinski definition) is 2. The van der Waals surface area contributed by atoms with E-state index in [0.29, 0.717) is 6.04 Å². The Morgan fingerprint density at radius 2 is 1.57 bits per heavy atom. The van der Waals surface area contributed by atoms with Gasteiger partial charge in [-0.25, -0.2) is 0 Å². The van der Waals surface area contributed by atoms with Crippen LogP contribution in [0, 0.1) is 29.6 Å². The van der Waals surface area contributed by atoms with Crippen LogP contribution in [0.2, 0.25) is 5.02 Å². The topological polar surface area (TPSA) is 38.0 Å². The molecule has 4 aliphatic rings. The van der Waals surface area contributed by atoms with Gasteiger partial charge in [-0.2, -0.15) is 0 Å². The lowest BCUT2D eigenvalue weighted by Crippen LogP contribution is -2.55. The minimum Gasteiger partial charge on any atom is -0.271 e. The third-order valence-electron chi connectivity index (χ3n) is 6.35. The zero-order chi connectivity index (χ0) is 14.4. The lowest BCUT2D eigenvalue weighted by molar-refractivity contribution is -0.0517. The molecule has 3 N–H and O–H groups in total. The summed E-state index contributed by atoms with van der Waals surface area (Å²) in [5, 5.41) is 0.811. The van der Waals surface area contributed by atoms with Gasteiger partial charge in [-0.3, -0.25) is 11.3 Å². The Morgan fingerprint density at radius 3 is 2.10 bits per heavy atom. The molecule has 3 heteroatoms. The molecule has 4 bridgehead atoms. The normalized spacial score (nSPS) is 38.7. The summed E-state index contributed by atoms with van der Waals surface area (Å²) in [6.07, 6.45) is 8.36. The largest absolute Gasteiger partial charge is 0.271 e. The summed E-state index contributed by atoms with van der Waals surface area (Å²) in [5.74, 6) is 10.6. The first-order valence-corrected chi connectivity index (χ1v) is 8.81. The molecule has 0 radical (unpaired) electrons. The van der Waals surface area contributed by atoms with Crippen LogP contribution in [0.5, 0.6) is 0 Å². The highest BCUT2D eigenvalue weighted by Crippen LogP contribution is 2.57. The molecule has 4 aliphatic carbocycles. The maximum absolute atomic E-state index is 5.99. The van der Waals surface area contributed by atoms with Gasteiger partial charge in [0.25, 0.3) is 0 Å². The van der Waals surface area contributed by atoms with E-state index in [1.165, 1.54) is 37.7 Å². The SMILES string of the molecule is NNC(Cc1ccc(Cl)cc1)C1C2CC3CC(C2)CC1C3. The predicted octanol–water partition coefficient (Wildman–Crippen LogP) is 3.79. The lowest BCUT2D eigenvalue weighted by atomic mass is 9.50. The van der Waals surface area contributed by atoms with Crippen molar-refractivity contribution in [2.75, 3.05) is 0 Å². The van der Waals surface area contributed by atoms with E-state index in [2.05, 4.69) is 17.6 Å². The molecule has 0 saturated heterocycles. The van der Waals surface area contributed by atoms with Crippen LogP contribution >= 0.6 is 11.6 Å². The average molecular weight is 305 g/mol. The second-order valence-electron chi connectivity index (χ2n) is 7.61. The first-order chi connectivity index (χ1) is 10.2. The maximum Gasteiger partial charge on any atom is 0.0406 e. The van der Waals surface area contributed by atoms with Crippen molar-refractivity contribution in [3.8, 4) is 0 Å². The smallest absolute Gasteiger partial charge is 0.0406 e. The first kappa shape index (κ1) is 14.0. The number of halogens is 1. The highest BCUT2D eigenvalue weighted by molar-refractivity contribution is 6.30. The van der Waals surface area contributed by atoms with Crippen LogP contribution in [0.15, 0.2) is 24.3 Å². The maximum atomic E-state index is 5.99. The second kappa shape index (κ2) is 5.57. The summed E-state index contributed by atoms with van der Waals surface area (Å²) in [5.41, 5.74) is 4.50. The molecule has 0 heterocycles. The van der Waals surface area contributed by atoms with E-state index in [1.54, 1.807) is 0 Å². The fourth-order valence-corrected chi connectivity index (χ4v) is 5.93. The van der Waals surface area contributed by atoms with E-state index in [1.807, 2.05) is 12.1 Å². The van der Waals surface area contributed by atoms with Gasteiger partial charge in [0.15, 0.2) is 0 Å². The summed E-state index contributed by atoms with van der Waals surface area (Å²) in [4.78, 5) is 0. The second-order valence-corrected chi connectivity index (χ2v) is 8.05. The summed E-state index contributed by atoms with van der Waals surface area (Å²) in [6.45, 7) is 0. The van der Waals surface area contributed by atoms with Gasteiger partial charge < -0.3 is 0 Å². The van der Waals surface area contributed by atoms with Crippen LogP contribution in [-0.2, 0) is 6.42 Å². The van der Waals surface area contributed by atoms with Gasteiger partial charge in [-0.05, 0) is 85.8 Å². The summed E-state index contributed by atoms with van der Waals surface area (Å²) in [7, 11) is 0. The van der Waals surface area contributed by atoms with Crippen LogP contribution in [-0.4, -0.2) is 6.04 Å². The Labute approximate surface area is 132 Å². The van der Waals surface area contributed by atoms with Gasteiger partial charge in [-0.1, -0.05) is 23.7 Å². The van der Waals surface area contributed by atoms with Crippen LogP contribution in [0.3, 0.4) is 0 Å². The molecular formula is C18H25ClN2. The Kier molecular flexibility index (Phi) is 3.72. The number of rotatable bonds is 4. The van der Waals surface area contributed by atoms with E-state index < -0.39 is 0 Å². The molecule has 21 heavy (non-hydrogen) atoms. The number of hydrogen-bond donors (Lipinski definition) is 2. The van der Waals surface area contributed by atoms with E-state index >= 15 is 0 Å². The number of nitrogens with two attached hydrogens (primary N) is 1. The van der Waals surface area contributed by atoms with Crippen molar-refractivity contribution in [1.82, 2.24) is 5.43 Å². The molecule has 4 saturated carbocycles. The van der Waals surface area contributed by atoms with Gasteiger partial charge in [0.05, 0.1) is 0 Å². The monoisotopic (exact) mass is 304 g/mol. The standard InChI is InChI=1S/C18H25ClN2/c19-16-3-1-11(2-4-16)10-17(21-20)18-14-6-12-5-13(8-14)9-15(18)7-12/h1-4,12-15,17-18,21H,5-10,20H2. The molecule has 1 aromatic rings. The van der Waals surface area contributed by atoms with Gasteiger partial charge in [0.2, 0.25) is 0 Å². The Hall–Kier alpha value is -0.570. The van der Waals surface area contributed by atoms with Crippen molar-refractivity contribution >= 4 is 11.6 Å². The molecule has 0 amide bonds. The van der Waals surface area contributed by atoms with E-state index in [9.17, 15) is 0 Å². The van der Waals surface area contributed by atoms with Crippen LogP contribution in [0.25, 0.3) is 0 Å². The zero-order valence-electron chi connectivity index (χ0n) is 12.5. The fourth-order valence-electron chi connectivity index (χ4n) is 5.80. The number of hydrazine groups is 1. The number of benzene rings is 1. The van der Waals surface area contributed by atoms with Crippen molar-refractivity contribution < 1.29 is 0 Å². The highest BCUT2D eigenvalue weighted by atomic mass is 35.5. The fraction of sp³-hybridized carbons (Fsp3) is 0.667. The molecule has 1 unspecified atom stereocenters. The molecule has 1 aromatic carbocycles. The minimum atomic E-state index is 0.418. The van der Waals surface area contributed by atoms with Crippen molar-refractivity contribution in [3.63, 3.8) is 0 Å². The Morgan fingerprint density at radius 1 is 1.00 bits per heavy atom. The van der Waals surface area contributed by atoms with Crippen molar-refractivity contribution in [2.45, 2.75) is 44.6 Å². The average Bonchev–Trinajstić information content (AvgIpc) is 2.47. The van der Waals surface area contributed by atoms with Gasteiger partial charge in [0.1, 0.15) is 0 Å². The molecule has 114 valence electrons. The molecular weight excluding hydrogens is 280 g/mol. The lowest BCUT2D eigenvalue weighted by Gasteiger charge is -2.56. The van der Waals surface area contributed by atoms with Crippen molar-refractivity contribution in [3.05, 3.63) is 34.9 Å². The molecule has 5 rings (SSSR count). The van der Waals surface area contributed by atoms with Crippen molar-refractivity contribution in [2.24, 2.45) is 35.4 Å². The van der Waals surface area contributed by atoms with Crippen LogP contribution < -0.4 is 11.3 Å². The summed E-state index contributed by atoms with van der Waals surface area (Å²) < 4.78 is 0. The zero-order valence-corrected chi connectivity index (χ0v) is 13.2. The van der Waals surface area contributed by atoms with Gasteiger partial charge >= 0.3 is 0 Å². The Bertz CT molecular complexity index is 470. The molecule has 0 aromatic heterocycles. The quantitative estimate of drug-likeness (QED) is 0.656. The Balaban J connectivity index is 1.51. The molecule has 0 spiro atoms.